The smallest absolute Gasteiger partial charge is 0.305 e. The molecule has 0 saturated heterocycles. The summed E-state index contributed by atoms with van der Waals surface area (Å²) >= 11 is 0. The third kappa shape index (κ3) is 51.5. The van der Waals surface area contributed by atoms with Crippen LogP contribution in [0.5, 0.6) is 0 Å². The highest BCUT2D eigenvalue weighted by Crippen LogP contribution is 2.16. The highest BCUT2D eigenvalue weighted by molar-refractivity contribution is 5.76. The van der Waals surface area contributed by atoms with Crippen LogP contribution in [0.4, 0.5) is 0 Å². The van der Waals surface area contributed by atoms with E-state index >= 15 is 0 Å². The first-order chi connectivity index (χ1) is 32.5. The van der Waals surface area contributed by atoms with Gasteiger partial charge in [-0.05, 0) is 83.5 Å². The first kappa shape index (κ1) is 64.1. The number of carbonyl (C=O) groups excluding carboxylic acids is 2. The summed E-state index contributed by atoms with van der Waals surface area (Å²) in [6.07, 6.45) is 68.8. The van der Waals surface area contributed by atoms with Crippen LogP contribution < -0.4 is 5.32 Å². The van der Waals surface area contributed by atoms with Gasteiger partial charge in [0.2, 0.25) is 5.91 Å². The van der Waals surface area contributed by atoms with Crippen molar-refractivity contribution < 1.29 is 24.5 Å². The summed E-state index contributed by atoms with van der Waals surface area (Å²) in [6.45, 7) is 4.88. The van der Waals surface area contributed by atoms with Gasteiger partial charge in [0.25, 0.3) is 0 Å². The van der Waals surface area contributed by atoms with E-state index in [9.17, 15) is 19.8 Å². The largest absolute Gasteiger partial charge is 0.466 e. The first-order valence-corrected chi connectivity index (χ1v) is 29.3. The predicted octanol–water partition coefficient (Wildman–Crippen LogP) is 18.0. The Morgan fingerprint density at radius 1 is 0.409 bits per heavy atom. The molecule has 0 saturated carbocycles. The van der Waals surface area contributed by atoms with Crippen LogP contribution in [0.25, 0.3) is 0 Å². The number of aliphatic hydroxyl groups is 2. The normalized spacial score (nSPS) is 12.8. The van der Waals surface area contributed by atoms with E-state index in [1.54, 1.807) is 6.08 Å². The topological polar surface area (TPSA) is 95.9 Å². The van der Waals surface area contributed by atoms with E-state index in [2.05, 4.69) is 43.5 Å². The summed E-state index contributed by atoms with van der Waals surface area (Å²) in [7, 11) is 0. The van der Waals surface area contributed by atoms with Crippen LogP contribution in [-0.2, 0) is 14.3 Å². The van der Waals surface area contributed by atoms with E-state index in [0.29, 0.717) is 19.4 Å². The molecule has 6 heteroatoms. The van der Waals surface area contributed by atoms with Gasteiger partial charge in [-0.25, -0.2) is 0 Å². The molecule has 0 rings (SSSR count). The van der Waals surface area contributed by atoms with E-state index < -0.39 is 12.1 Å². The van der Waals surface area contributed by atoms with Crippen molar-refractivity contribution in [2.75, 3.05) is 13.2 Å². The number of nitrogens with one attached hydrogen (secondary N) is 1. The Labute approximate surface area is 411 Å². The van der Waals surface area contributed by atoms with Gasteiger partial charge in [0.05, 0.1) is 25.4 Å². The number of amides is 1. The van der Waals surface area contributed by atoms with Gasteiger partial charge in [0.15, 0.2) is 0 Å². The second kappa shape index (κ2) is 55.7. The fourth-order valence-electron chi connectivity index (χ4n) is 8.86. The quantitative estimate of drug-likeness (QED) is 0.0321. The second-order valence-corrected chi connectivity index (χ2v) is 20.0. The Hall–Kier alpha value is -1.92. The lowest BCUT2D eigenvalue weighted by molar-refractivity contribution is -0.143. The van der Waals surface area contributed by atoms with Gasteiger partial charge in [-0.15, -0.1) is 0 Å². The van der Waals surface area contributed by atoms with Gasteiger partial charge >= 0.3 is 5.97 Å². The number of rotatable bonds is 54. The fourth-order valence-corrected chi connectivity index (χ4v) is 8.86. The van der Waals surface area contributed by atoms with Gasteiger partial charge in [-0.1, -0.05) is 249 Å². The number of esters is 1. The molecule has 6 nitrogen and oxygen atoms in total. The maximum absolute atomic E-state index is 12.5. The van der Waals surface area contributed by atoms with Crippen molar-refractivity contribution in [2.45, 2.75) is 321 Å². The molecule has 0 aliphatic carbocycles. The van der Waals surface area contributed by atoms with Gasteiger partial charge < -0.3 is 20.3 Å². The zero-order valence-corrected chi connectivity index (χ0v) is 44.2. The Bertz CT molecular complexity index is 1070. The Kier molecular flexibility index (Phi) is 54.1. The molecule has 1 amide bonds. The van der Waals surface area contributed by atoms with E-state index in [4.69, 9.17) is 4.74 Å². The van der Waals surface area contributed by atoms with E-state index in [0.717, 1.165) is 64.2 Å². The first-order valence-electron chi connectivity index (χ1n) is 29.3. The summed E-state index contributed by atoms with van der Waals surface area (Å²) in [5.74, 6) is -0.0879. The van der Waals surface area contributed by atoms with Crippen molar-refractivity contribution in [3.8, 4) is 0 Å². The van der Waals surface area contributed by atoms with E-state index in [1.165, 1.54) is 218 Å². The molecule has 0 bridgehead atoms. The molecule has 2 atom stereocenters. The Morgan fingerprint density at radius 2 is 0.712 bits per heavy atom. The zero-order chi connectivity index (χ0) is 47.9. The molecule has 3 N–H and O–H groups in total. The third-order valence-electron chi connectivity index (χ3n) is 13.4. The molecule has 0 spiro atoms. The monoisotopic (exact) mass is 928 g/mol. The predicted molar refractivity (Wildman–Crippen MR) is 287 cm³/mol. The molecule has 0 fully saturated rings. The lowest BCUT2D eigenvalue weighted by Crippen LogP contribution is -2.45. The fraction of sp³-hybridized carbons (Fsp3) is 0.867. The van der Waals surface area contributed by atoms with Gasteiger partial charge in [-0.3, -0.25) is 9.59 Å². The van der Waals surface area contributed by atoms with Crippen molar-refractivity contribution >= 4 is 11.9 Å². The lowest BCUT2D eigenvalue weighted by Gasteiger charge is -2.20. The summed E-state index contributed by atoms with van der Waals surface area (Å²) < 4.78 is 5.47. The summed E-state index contributed by atoms with van der Waals surface area (Å²) in [4.78, 5) is 24.5. The van der Waals surface area contributed by atoms with Crippen LogP contribution in [0.2, 0.25) is 0 Å². The molecule has 2 unspecified atom stereocenters. The SMILES string of the molecule is CCCCCCC/C=C\CCCCCCCC(=O)OCCCCCCCCCCC/C=C\CCCCCCCC(=O)NC(CO)C(O)/C=C/CCCCCCCCCCCCCCCCC. The molecular formula is C60H113NO5. The lowest BCUT2D eigenvalue weighted by atomic mass is 10.0. The average molecular weight is 929 g/mol. The minimum atomic E-state index is -0.854. The highest BCUT2D eigenvalue weighted by atomic mass is 16.5. The molecule has 0 heterocycles. The van der Waals surface area contributed by atoms with Crippen LogP contribution in [0, 0.1) is 0 Å². The molecule has 0 aromatic heterocycles. The second-order valence-electron chi connectivity index (χ2n) is 20.0. The molecule has 0 radical (unpaired) electrons. The highest BCUT2D eigenvalue weighted by Gasteiger charge is 2.18. The maximum atomic E-state index is 12.5. The third-order valence-corrected chi connectivity index (χ3v) is 13.4. The van der Waals surface area contributed by atoms with Crippen molar-refractivity contribution in [3.63, 3.8) is 0 Å². The van der Waals surface area contributed by atoms with Crippen LogP contribution in [0.15, 0.2) is 36.5 Å². The molecule has 388 valence electrons. The van der Waals surface area contributed by atoms with Crippen LogP contribution in [0.1, 0.15) is 309 Å². The molecular weight excluding hydrogens is 815 g/mol. The molecule has 0 aliphatic heterocycles. The van der Waals surface area contributed by atoms with E-state index in [-0.39, 0.29) is 18.5 Å². The summed E-state index contributed by atoms with van der Waals surface area (Å²) in [5, 5.41) is 23.1. The van der Waals surface area contributed by atoms with Crippen molar-refractivity contribution in [1.29, 1.82) is 0 Å². The number of hydrogen-bond acceptors (Lipinski definition) is 5. The zero-order valence-electron chi connectivity index (χ0n) is 44.2. The van der Waals surface area contributed by atoms with Crippen molar-refractivity contribution in [3.05, 3.63) is 36.5 Å². The number of allylic oxidation sites excluding steroid dienone is 5. The number of ether oxygens (including phenoxy) is 1. The minimum absolute atomic E-state index is 0.00656. The van der Waals surface area contributed by atoms with Crippen LogP contribution in [-0.4, -0.2) is 47.4 Å². The molecule has 66 heavy (non-hydrogen) atoms. The van der Waals surface area contributed by atoms with Gasteiger partial charge in [0.1, 0.15) is 0 Å². The molecule has 0 aliphatic rings. The molecule has 0 aromatic carbocycles. The van der Waals surface area contributed by atoms with Gasteiger partial charge in [-0.2, -0.15) is 0 Å². The Balaban J connectivity index is 3.49. The Morgan fingerprint density at radius 3 is 1.08 bits per heavy atom. The van der Waals surface area contributed by atoms with Crippen LogP contribution >= 0.6 is 0 Å². The number of aliphatic hydroxyl groups excluding tert-OH is 2. The van der Waals surface area contributed by atoms with Crippen molar-refractivity contribution in [2.24, 2.45) is 0 Å². The molecule has 0 aromatic rings. The van der Waals surface area contributed by atoms with Gasteiger partial charge in [0, 0.05) is 12.8 Å². The number of hydrogen-bond donors (Lipinski definition) is 3. The van der Waals surface area contributed by atoms with E-state index in [1.807, 2.05) is 6.08 Å². The average Bonchev–Trinajstić information content (AvgIpc) is 3.32. The van der Waals surface area contributed by atoms with Crippen LogP contribution in [0.3, 0.4) is 0 Å². The number of carbonyl (C=O) groups is 2. The summed E-state index contributed by atoms with van der Waals surface area (Å²) in [5.41, 5.74) is 0. The number of unbranched alkanes of at least 4 members (excludes halogenated alkanes) is 39. The maximum Gasteiger partial charge on any atom is 0.305 e. The standard InChI is InChI=1S/C60H113NO5/c1-3-5-7-9-11-13-15-17-19-22-25-28-32-36-40-44-48-52-58(63)57(56-62)61-59(64)53-49-45-41-37-33-29-26-23-20-21-24-27-31-35-39-43-47-51-55-66-60(65)54-50-46-42-38-34-30-18-16-14-12-10-8-6-4-2/h16,18,23,26,48,52,57-58,62-63H,3-15,17,19-22,24-25,27-47,49-51,53-56H2,1-2H3,(H,61,64)/b18-16-,26-23-,52-48+. The van der Waals surface area contributed by atoms with Crippen molar-refractivity contribution in [1.82, 2.24) is 5.32 Å². The summed E-state index contributed by atoms with van der Waals surface area (Å²) in [6, 6.07) is -0.638. The minimum Gasteiger partial charge on any atom is -0.466 e.